The molecule has 0 aliphatic rings. The van der Waals surface area contributed by atoms with Crippen molar-refractivity contribution in [1.29, 1.82) is 0 Å². The topological polar surface area (TPSA) is 34.6 Å². The predicted octanol–water partition coefficient (Wildman–Crippen LogP) is 6.28. The van der Waals surface area contributed by atoms with E-state index < -0.39 is 12.8 Å². The molecule has 31 heavy (non-hydrogen) atoms. The third kappa shape index (κ3) is 5.95. The Morgan fingerprint density at radius 3 is 2.42 bits per heavy atom. The molecule has 1 heterocycles. The molecule has 0 aliphatic carbocycles. The van der Waals surface area contributed by atoms with Crippen LogP contribution in [0.15, 0.2) is 54.6 Å². The maximum absolute atomic E-state index is 13.6. The number of halogens is 1. The Kier molecular flexibility index (Phi) is 8.65. The number of aromatic nitrogens is 1. The van der Waals surface area contributed by atoms with E-state index in [9.17, 15) is 4.39 Å². The van der Waals surface area contributed by atoms with E-state index in [1.165, 1.54) is 5.69 Å². The highest BCUT2D eigenvalue weighted by Gasteiger charge is 2.15. The van der Waals surface area contributed by atoms with E-state index in [-0.39, 0.29) is 6.61 Å². The molecule has 0 fully saturated rings. The zero-order valence-electron chi connectivity index (χ0n) is 18.8. The van der Waals surface area contributed by atoms with Crippen LogP contribution in [-0.4, -0.2) is 44.1 Å². The quantitative estimate of drug-likeness (QED) is 0.320. The largest absolute Gasteiger partial charge is 0.484 e. The summed E-state index contributed by atoms with van der Waals surface area (Å²) in [6.07, 6.45) is 1.37. The van der Waals surface area contributed by atoms with Gasteiger partial charge >= 0.3 is 0 Å². The lowest BCUT2D eigenvalue weighted by atomic mass is 10.1. The lowest BCUT2D eigenvalue weighted by Gasteiger charge is -2.21. The van der Waals surface area contributed by atoms with Gasteiger partial charge in [0.15, 0.2) is 6.10 Å². The van der Waals surface area contributed by atoms with Crippen molar-refractivity contribution in [3.63, 3.8) is 0 Å². The fourth-order valence-electron chi connectivity index (χ4n) is 3.57. The molecule has 0 amide bonds. The number of hydrogen-bond donors (Lipinski definition) is 0. The van der Waals surface area contributed by atoms with Gasteiger partial charge in [-0.1, -0.05) is 37.6 Å². The number of fused-ring (bicyclic) bond motifs is 1. The second-order valence-electron chi connectivity index (χ2n) is 7.56. The molecule has 0 saturated carbocycles. The molecule has 2 aromatic carbocycles. The molecule has 0 bridgehead atoms. The van der Waals surface area contributed by atoms with Crippen molar-refractivity contribution in [2.75, 3.05) is 37.9 Å². The predicted molar refractivity (Wildman–Crippen MR) is 127 cm³/mol. The summed E-state index contributed by atoms with van der Waals surface area (Å²) >= 11 is 0. The third-order valence-electron chi connectivity index (χ3n) is 5.38. The maximum atomic E-state index is 13.6. The molecule has 3 aromatic rings. The van der Waals surface area contributed by atoms with Crippen LogP contribution < -0.4 is 9.64 Å². The van der Waals surface area contributed by atoms with E-state index in [1.807, 2.05) is 30.3 Å². The Bertz CT molecular complexity index is 942. The molecule has 1 unspecified atom stereocenters. The molecule has 0 spiro atoms. The molecule has 1 aromatic heterocycles. The Labute approximate surface area is 185 Å². The van der Waals surface area contributed by atoms with E-state index in [0.29, 0.717) is 12.4 Å². The summed E-state index contributed by atoms with van der Waals surface area (Å²) in [5.74, 6) is 0.634. The molecule has 0 saturated heterocycles. The van der Waals surface area contributed by atoms with Crippen molar-refractivity contribution in [2.45, 2.75) is 39.7 Å². The molecule has 3 rings (SSSR count). The first-order valence-electron chi connectivity index (χ1n) is 11.3. The lowest BCUT2D eigenvalue weighted by molar-refractivity contribution is 0.0374. The summed E-state index contributed by atoms with van der Waals surface area (Å²) in [4.78, 5) is 7.12. The smallest absolute Gasteiger partial charge is 0.150 e. The average molecular weight is 425 g/mol. The van der Waals surface area contributed by atoms with Crippen molar-refractivity contribution in [2.24, 2.45) is 0 Å². The minimum atomic E-state index is -0.638. The van der Waals surface area contributed by atoms with Crippen molar-refractivity contribution < 1.29 is 13.9 Å². The van der Waals surface area contributed by atoms with E-state index >= 15 is 0 Å². The first kappa shape index (κ1) is 23.0. The Balaban J connectivity index is 1.88. The minimum Gasteiger partial charge on any atom is -0.484 e. The average Bonchev–Trinajstić information content (AvgIpc) is 2.82. The van der Waals surface area contributed by atoms with Crippen molar-refractivity contribution >= 4 is 16.6 Å². The number of rotatable bonds is 12. The Morgan fingerprint density at radius 2 is 1.74 bits per heavy atom. The third-order valence-corrected chi connectivity index (χ3v) is 5.38. The molecule has 0 aliphatic heterocycles. The van der Waals surface area contributed by atoms with Crippen LogP contribution in [0.25, 0.3) is 22.2 Å². The SMILES string of the molecule is CCCCOCC(CF)Oc1cc(-c2ccc(N(CC)CC)cc2)nc2ccccc12. The normalized spacial score (nSPS) is 12.1. The van der Waals surface area contributed by atoms with Gasteiger partial charge in [-0.2, -0.15) is 0 Å². The van der Waals surface area contributed by atoms with E-state index in [4.69, 9.17) is 14.5 Å². The van der Waals surface area contributed by atoms with Crippen LogP contribution in [0.2, 0.25) is 0 Å². The number of benzene rings is 2. The first-order chi connectivity index (χ1) is 15.2. The first-order valence-corrected chi connectivity index (χ1v) is 11.3. The fourth-order valence-corrected chi connectivity index (χ4v) is 3.57. The van der Waals surface area contributed by atoms with E-state index in [1.54, 1.807) is 0 Å². The van der Waals surface area contributed by atoms with Crippen LogP contribution in [0.3, 0.4) is 0 Å². The summed E-state index contributed by atoms with van der Waals surface area (Å²) in [5, 5.41) is 0.873. The highest BCUT2D eigenvalue weighted by molar-refractivity contribution is 5.88. The van der Waals surface area contributed by atoms with E-state index in [2.05, 4.69) is 49.9 Å². The summed E-state index contributed by atoms with van der Waals surface area (Å²) < 4.78 is 25.3. The number of unbranched alkanes of at least 4 members (excludes halogenated alkanes) is 1. The molecule has 4 nitrogen and oxygen atoms in total. The molecular formula is C26H33FN2O2. The molecular weight excluding hydrogens is 391 g/mol. The molecule has 5 heteroatoms. The van der Waals surface area contributed by atoms with Crippen LogP contribution >= 0.6 is 0 Å². The van der Waals surface area contributed by atoms with Gasteiger partial charge in [-0.15, -0.1) is 0 Å². The number of hydrogen-bond acceptors (Lipinski definition) is 4. The molecule has 1 atom stereocenters. The van der Waals surface area contributed by atoms with Gasteiger partial charge in [-0.25, -0.2) is 9.37 Å². The van der Waals surface area contributed by atoms with Crippen LogP contribution in [0.1, 0.15) is 33.6 Å². The molecule has 0 N–H and O–H groups in total. The highest BCUT2D eigenvalue weighted by atomic mass is 19.1. The minimum absolute atomic E-state index is 0.237. The van der Waals surface area contributed by atoms with Gasteiger partial charge in [-0.3, -0.25) is 0 Å². The number of alkyl halides is 1. The van der Waals surface area contributed by atoms with Gasteiger partial charge in [0.1, 0.15) is 12.4 Å². The zero-order chi connectivity index (χ0) is 22.1. The van der Waals surface area contributed by atoms with Crippen molar-refractivity contribution in [1.82, 2.24) is 4.98 Å². The van der Waals surface area contributed by atoms with Gasteiger partial charge in [0.2, 0.25) is 0 Å². The van der Waals surface area contributed by atoms with Gasteiger partial charge in [0.25, 0.3) is 0 Å². The second kappa shape index (κ2) is 11.7. The number of nitrogens with zero attached hydrogens (tertiary/aromatic N) is 2. The van der Waals surface area contributed by atoms with Gasteiger partial charge < -0.3 is 14.4 Å². The molecule has 166 valence electrons. The summed E-state index contributed by atoms with van der Waals surface area (Å²) in [7, 11) is 0. The standard InChI is InChI=1S/C26H33FN2O2/c1-4-7-16-30-19-22(18-27)31-26-17-25(28-24-11-9-8-10-23(24)26)20-12-14-21(15-13-20)29(5-2)6-3/h8-15,17,22H,4-7,16,18-19H2,1-3H3. The second-order valence-corrected chi connectivity index (χ2v) is 7.56. The van der Waals surface area contributed by atoms with Gasteiger partial charge in [-0.05, 0) is 44.5 Å². The van der Waals surface area contributed by atoms with Gasteiger partial charge in [0.05, 0.1) is 17.8 Å². The van der Waals surface area contributed by atoms with Crippen LogP contribution in [-0.2, 0) is 4.74 Å². The van der Waals surface area contributed by atoms with Crippen LogP contribution in [0, 0.1) is 0 Å². The monoisotopic (exact) mass is 424 g/mol. The van der Waals surface area contributed by atoms with E-state index in [0.717, 1.165) is 48.1 Å². The van der Waals surface area contributed by atoms with Crippen LogP contribution in [0.5, 0.6) is 5.75 Å². The summed E-state index contributed by atoms with van der Waals surface area (Å²) in [6, 6.07) is 18.1. The maximum Gasteiger partial charge on any atom is 0.150 e. The Hall–Kier alpha value is -2.66. The number of ether oxygens (including phenoxy) is 2. The summed E-state index contributed by atoms with van der Waals surface area (Å²) in [5.41, 5.74) is 3.83. The van der Waals surface area contributed by atoms with Crippen molar-refractivity contribution in [3.05, 3.63) is 54.6 Å². The van der Waals surface area contributed by atoms with Crippen LogP contribution in [0.4, 0.5) is 10.1 Å². The van der Waals surface area contributed by atoms with Gasteiger partial charge in [0, 0.05) is 42.4 Å². The van der Waals surface area contributed by atoms with Crippen molar-refractivity contribution in [3.8, 4) is 17.0 Å². The number of anilines is 1. The summed E-state index contributed by atoms with van der Waals surface area (Å²) in [6.45, 7) is 8.60. The fraction of sp³-hybridized carbons (Fsp3) is 0.423. The number of para-hydroxylation sites is 1. The Morgan fingerprint density at radius 1 is 1.00 bits per heavy atom. The number of pyridine rings is 1. The highest BCUT2D eigenvalue weighted by Crippen LogP contribution is 2.31. The zero-order valence-corrected chi connectivity index (χ0v) is 18.8. The molecule has 0 radical (unpaired) electrons. The lowest BCUT2D eigenvalue weighted by Crippen LogP contribution is -2.25.